The quantitative estimate of drug-likeness (QED) is 0.416. The van der Waals surface area contributed by atoms with E-state index in [0.29, 0.717) is 18.0 Å². The zero-order valence-electron chi connectivity index (χ0n) is 8.06. The van der Waals surface area contributed by atoms with E-state index in [-0.39, 0.29) is 0 Å². The van der Waals surface area contributed by atoms with Crippen molar-refractivity contribution in [3.63, 3.8) is 0 Å². The molecule has 0 aliphatic rings. The predicted octanol–water partition coefficient (Wildman–Crippen LogP) is 4.41. The summed E-state index contributed by atoms with van der Waals surface area (Å²) in [4.78, 5) is 4.23. The molecule has 2 rings (SSSR count). The van der Waals surface area contributed by atoms with Crippen LogP contribution in [0.4, 0.5) is 0 Å². The van der Waals surface area contributed by atoms with Gasteiger partial charge in [0.05, 0.1) is 8.04 Å². The van der Waals surface area contributed by atoms with Crippen LogP contribution in [0.1, 0.15) is 12.2 Å². The summed E-state index contributed by atoms with van der Waals surface area (Å²) >= 11 is 11.5. The van der Waals surface area contributed by atoms with Crippen LogP contribution in [-0.4, -0.2) is 4.98 Å². The zero-order chi connectivity index (χ0) is 11.7. The Kier molecular flexibility index (Phi) is 3.77. The van der Waals surface area contributed by atoms with Gasteiger partial charge in [-0.15, -0.1) is 12.3 Å². The van der Waals surface area contributed by atoms with Crippen LogP contribution in [0.2, 0.25) is 5.15 Å². The second kappa shape index (κ2) is 4.94. The van der Waals surface area contributed by atoms with Crippen molar-refractivity contribution >= 4 is 61.2 Å². The first-order valence-electron chi connectivity index (χ1n) is 4.50. The molecule has 2 nitrogen and oxygen atoms in total. The van der Waals surface area contributed by atoms with Crippen molar-refractivity contribution in [1.82, 2.24) is 4.98 Å². The van der Waals surface area contributed by atoms with Gasteiger partial charge in [0.1, 0.15) is 16.4 Å². The summed E-state index contributed by atoms with van der Waals surface area (Å²) in [5.41, 5.74) is 1.51. The molecule has 5 heteroatoms. The smallest absolute Gasteiger partial charge is 0.167 e. The number of halogens is 3. The van der Waals surface area contributed by atoms with Gasteiger partial charge in [0.15, 0.2) is 5.58 Å². The number of nitrogens with zero attached hydrogens (tertiary/aromatic N) is 1. The Hall–Kier alpha value is -0.250. The lowest BCUT2D eigenvalue weighted by atomic mass is 10.2. The van der Waals surface area contributed by atoms with Crippen LogP contribution in [0.25, 0.3) is 11.1 Å². The van der Waals surface area contributed by atoms with Gasteiger partial charge in [-0.1, -0.05) is 11.6 Å². The maximum absolute atomic E-state index is 5.90. The van der Waals surface area contributed by atoms with E-state index in [1.54, 1.807) is 6.07 Å². The van der Waals surface area contributed by atoms with E-state index in [1.807, 2.05) is 0 Å². The molecule has 0 saturated heterocycles. The molecule has 16 heavy (non-hydrogen) atoms. The highest BCUT2D eigenvalue weighted by molar-refractivity contribution is 14.1. The number of aryl methyl sites for hydroxylation is 1. The van der Waals surface area contributed by atoms with E-state index in [4.69, 9.17) is 22.4 Å². The molecule has 0 radical (unpaired) electrons. The van der Waals surface area contributed by atoms with Crippen molar-refractivity contribution in [3.8, 4) is 12.3 Å². The van der Waals surface area contributed by atoms with Crippen LogP contribution in [0.3, 0.4) is 0 Å². The van der Waals surface area contributed by atoms with Crippen LogP contribution in [0, 0.1) is 15.9 Å². The standard InChI is InChI=1S/C11H6BrClINO/c1-2-3-4-7-9(12)10-11(16-7)6(14)5-8(13)15-10/h1,5H,3-4H2. The van der Waals surface area contributed by atoms with Crippen molar-refractivity contribution in [2.24, 2.45) is 0 Å². The lowest BCUT2D eigenvalue weighted by Crippen LogP contribution is -1.81. The Morgan fingerprint density at radius 1 is 1.62 bits per heavy atom. The van der Waals surface area contributed by atoms with Crippen LogP contribution in [-0.2, 0) is 6.42 Å². The second-order valence-electron chi connectivity index (χ2n) is 3.15. The number of pyridine rings is 1. The minimum absolute atomic E-state index is 0.460. The molecule has 0 atom stereocenters. The first-order chi connectivity index (χ1) is 7.63. The fraction of sp³-hybridized carbons (Fsp3) is 0.182. The average molecular weight is 410 g/mol. The van der Waals surface area contributed by atoms with Gasteiger partial charge in [-0.2, -0.15) is 0 Å². The summed E-state index contributed by atoms with van der Waals surface area (Å²) < 4.78 is 7.51. The van der Waals surface area contributed by atoms with E-state index < -0.39 is 0 Å². The molecule has 0 unspecified atom stereocenters. The van der Waals surface area contributed by atoms with Gasteiger partial charge >= 0.3 is 0 Å². The van der Waals surface area contributed by atoms with Crippen molar-refractivity contribution in [2.75, 3.05) is 0 Å². The molecule has 0 fully saturated rings. The minimum atomic E-state index is 0.460. The Labute approximate surface area is 120 Å². The van der Waals surface area contributed by atoms with Crippen LogP contribution in [0.15, 0.2) is 15.0 Å². The summed E-state index contributed by atoms with van der Waals surface area (Å²) in [5.74, 6) is 3.40. The molecule has 0 spiro atoms. The number of hydrogen-bond donors (Lipinski definition) is 0. The van der Waals surface area contributed by atoms with E-state index in [0.717, 1.165) is 24.9 Å². The molecule has 0 aromatic carbocycles. The van der Waals surface area contributed by atoms with E-state index in [1.165, 1.54) is 0 Å². The van der Waals surface area contributed by atoms with Crippen molar-refractivity contribution < 1.29 is 4.42 Å². The third-order valence-corrected chi connectivity index (χ3v) is 3.88. The maximum atomic E-state index is 5.90. The Morgan fingerprint density at radius 2 is 2.38 bits per heavy atom. The molecule has 0 N–H and O–H groups in total. The molecule has 0 bridgehead atoms. The van der Waals surface area contributed by atoms with Crippen molar-refractivity contribution in [3.05, 3.63) is 25.0 Å². The van der Waals surface area contributed by atoms with E-state index in [9.17, 15) is 0 Å². The van der Waals surface area contributed by atoms with Crippen molar-refractivity contribution in [2.45, 2.75) is 12.8 Å². The number of terminal acetylenes is 1. The first-order valence-corrected chi connectivity index (χ1v) is 6.75. The second-order valence-corrected chi connectivity index (χ2v) is 5.49. The molecule has 0 aliphatic heterocycles. The van der Waals surface area contributed by atoms with Crippen LogP contribution < -0.4 is 0 Å². The fourth-order valence-corrected chi connectivity index (χ4v) is 2.95. The monoisotopic (exact) mass is 409 g/mol. The zero-order valence-corrected chi connectivity index (χ0v) is 12.6. The number of hydrogen-bond acceptors (Lipinski definition) is 2. The summed E-state index contributed by atoms with van der Waals surface area (Å²) in [5, 5.41) is 0.460. The number of aromatic nitrogens is 1. The molecular weight excluding hydrogens is 404 g/mol. The van der Waals surface area contributed by atoms with E-state index in [2.05, 4.69) is 49.4 Å². The molecular formula is C11H6BrClINO. The third-order valence-electron chi connectivity index (χ3n) is 2.07. The van der Waals surface area contributed by atoms with Crippen molar-refractivity contribution in [1.29, 1.82) is 0 Å². The number of rotatable bonds is 2. The topological polar surface area (TPSA) is 26.0 Å². The fourth-order valence-electron chi connectivity index (χ4n) is 1.37. The Bertz CT molecular complexity index is 588. The Balaban J connectivity index is 2.59. The molecule has 82 valence electrons. The third kappa shape index (κ3) is 2.22. The molecule has 0 saturated carbocycles. The van der Waals surface area contributed by atoms with Gasteiger partial charge in [-0.25, -0.2) is 4.98 Å². The van der Waals surface area contributed by atoms with Gasteiger partial charge in [0, 0.05) is 12.8 Å². The number of fused-ring (bicyclic) bond motifs is 1. The number of furan rings is 1. The Morgan fingerprint density at radius 3 is 3.06 bits per heavy atom. The molecule has 2 heterocycles. The van der Waals surface area contributed by atoms with Gasteiger partial charge in [0.25, 0.3) is 0 Å². The van der Waals surface area contributed by atoms with Crippen LogP contribution >= 0.6 is 50.1 Å². The van der Waals surface area contributed by atoms with Gasteiger partial charge in [0.2, 0.25) is 0 Å². The van der Waals surface area contributed by atoms with Gasteiger partial charge in [-0.3, -0.25) is 0 Å². The average Bonchev–Trinajstić information content (AvgIpc) is 2.54. The largest absolute Gasteiger partial charge is 0.457 e. The summed E-state index contributed by atoms with van der Waals surface area (Å²) in [6, 6.07) is 1.77. The molecule has 0 amide bonds. The molecule has 2 aromatic rings. The van der Waals surface area contributed by atoms with Gasteiger partial charge in [-0.05, 0) is 44.6 Å². The summed E-state index contributed by atoms with van der Waals surface area (Å²) in [6.07, 6.45) is 6.57. The maximum Gasteiger partial charge on any atom is 0.167 e. The highest BCUT2D eigenvalue weighted by atomic mass is 127. The minimum Gasteiger partial charge on any atom is -0.457 e. The molecule has 2 aromatic heterocycles. The normalized spacial score (nSPS) is 10.6. The lowest BCUT2D eigenvalue weighted by Gasteiger charge is -1.93. The lowest BCUT2D eigenvalue weighted by molar-refractivity contribution is 0.546. The predicted molar refractivity (Wildman–Crippen MR) is 76.6 cm³/mol. The van der Waals surface area contributed by atoms with Crippen LogP contribution in [0.5, 0.6) is 0 Å². The highest BCUT2D eigenvalue weighted by Crippen LogP contribution is 2.34. The summed E-state index contributed by atoms with van der Waals surface area (Å²) in [6.45, 7) is 0. The SMILES string of the molecule is C#CCCc1oc2c(I)cc(Cl)nc2c1Br. The van der Waals surface area contributed by atoms with Gasteiger partial charge < -0.3 is 4.42 Å². The summed E-state index contributed by atoms with van der Waals surface area (Å²) in [7, 11) is 0. The van der Waals surface area contributed by atoms with E-state index >= 15 is 0 Å². The first kappa shape index (κ1) is 12.2. The molecule has 0 aliphatic carbocycles. The highest BCUT2D eigenvalue weighted by Gasteiger charge is 2.15.